The predicted octanol–water partition coefficient (Wildman–Crippen LogP) is 6.99. The molecule has 0 N–H and O–H groups in total. The van der Waals surface area contributed by atoms with Gasteiger partial charge in [0.15, 0.2) is 13.8 Å². The summed E-state index contributed by atoms with van der Waals surface area (Å²) in [5.74, 6) is 0.834. The van der Waals surface area contributed by atoms with E-state index >= 15 is 0 Å². The fourth-order valence-corrected chi connectivity index (χ4v) is 12.2. The maximum Gasteiger partial charge on any atom is 0.187 e. The van der Waals surface area contributed by atoms with Crippen LogP contribution in [-0.2, 0) is 0 Å². The van der Waals surface area contributed by atoms with E-state index in [2.05, 4.69) is 125 Å². The number of fused-ring (bicyclic) bond motifs is 5. The van der Waals surface area contributed by atoms with Crippen molar-refractivity contribution in [3.8, 4) is 45.7 Å². The van der Waals surface area contributed by atoms with Crippen molar-refractivity contribution in [3.05, 3.63) is 175 Å². The van der Waals surface area contributed by atoms with Crippen molar-refractivity contribution in [2.24, 2.45) is 0 Å². The average molecular weight is 603 g/mol. The molecule has 0 atom stereocenters. The molecule has 46 heavy (non-hydrogen) atoms. The number of aromatic nitrogens is 2. The molecule has 0 bridgehead atoms. The van der Waals surface area contributed by atoms with Crippen LogP contribution < -0.4 is 20.7 Å². The Balaban J connectivity index is 1.64. The molecule has 0 fully saturated rings. The molecule has 0 aliphatic carbocycles. The second-order valence-electron chi connectivity index (χ2n) is 11.4. The SMILES string of the molecule is [C-]#[N+]c1ccc2c(c1)[Si](c1ccccc1)(c1ccccc1)c1cc(C#N)ccc1-c1c-2nc(-c2ccccc2)n1-c1ccccc1. The second kappa shape index (κ2) is 11.0. The van der Waals surface area contributed by atoms with Crippen molar-refractivity contribution in [2.75, 3.05) is 0 Å². The molecule has 6 aromatic carbocycles. The van der Waals surface area contributed by atoms with Gasteiger partial charge in [0, 0.05) is 22.4 Å². The first-order valence-corrected chi connectivity index (χ1v) is 17.2. The molecule has 0 saturated carbocycles. The largest absolute Gasteiger partial charge is 0.292 e. The lowest BCUT2D eigenvalue weighted by molar-refractivity contribution is 1.07. The number of benzene rings is 6. The van der Waals surface area contributed by atoms with E-state index in [0.717, 1.165) is 50.0 Å². The highest BCUT2D eigenvalue weighted by Crippen LogP contribution is 2.41. The topological polar surface area (TPSA) is 46.0 Å². The van der Waals surface area contributed by atoms with Crippen LogP contribution in [0.4, 0.5) is 5.69 Å². The Hall–Kier alpha value is -6.27. The number of nitrogens with zero attached hydrogens (tertiary/aromatic N) is 4. The zero-order valence-electron chi connectivity index (χ0n) is 24.8. The third-order valence-corrected chi connectivity index (χ3v) is 13.8. The molecule has 0 amide bonds. The van der Waals surface area contributed by atoms with E-state index in [9.17, 15) is 5.26 Å². The number of hydrogen-bond acceptors (Lipinski definition) is 2. The minimum atomic E-state index is -3.15. The molecule has 214 valence electrons. The van der Waals surface area contributed by atoms with E-state index < -0.39 is 8.07 Å². The van der Waals surface area contributed by atoms with Gasteiger partial charge in [-0.25, -0.2) is 9.83 Å². The first-order chi connectivity index (χ1) is 22.7. The van der Waals surface area contributed by atoms with E-state index in [0.29, 0.717) is 11.3 Å². The maximum absolute atomic E-state index is 10.3. The number of imidazole rings is 1. The first kappa shape index (κ1) is 27.3. The molecule has 0 spiro atoms. The summed E-state index contributed by atoms with van der Waals surface area (Å²) in [5, 5.41) is 14.8. The third-order valence-electron chi connectivity index (χ3n) is 8.94. The minimum absolute atomic E-state index is 0.578. The highest BCUT2D eigenvalue weighted by molar-refractivity contribution is 7.21. The fraction of sp³-hybridized carbons (Fsp3) is 0. The lowest BCUT2D eigenvalue weighted by Crippen LogP contribution is -2.75. The molecule has 1 aromatic heterocycles. The van der Waals surface area contributed by atoms with Gasteiger partial charge in [-0.2, -0.15) is 5.26 Å². The van der Waals surface area contributed by atoms with Crippen molar-refractivity contribution >= 4 is 34.5 Å². The van der Waals surface area contributed by atoms with Crippen LogP contribution in [0.2, 0.25) is 0 Å². The fourth-order valence-electron chi connectivity index (χ4n) is 7.02. The Morgan fingerprint density at radius 1 is 0.630 bits per heavy atom. The Kier molecular flexibility index (Phi) is 6.54. The van der Waals surface area contributed by atoms with E-state index in [1.165, 1.54) is 10.4 Å². The van der Waals surface area contributed by atoms with Gasteiger partial charge in [-0.1, -0.05) is 133 Å². The second-order valence-corrected chi connectivity index (χ2v) is 15.1. The van der Waals surface area contributed by atoms with Crippen LogP contribution in [0.15, 0.2) is 158 Å². The van der Waals surface area contributed by atoms with Crippen molar-refractivity contribution in [3.63, 3.8) is 0 Å². The zero-order valence-corrected chi connectivity index (χ0v) is 25.8. The van der Waals surface area contributed by atoms with Crippen LogP contribution in [-0.4, -0.2) is 17.6 Å². The van der Waals surface area contributed by atoms with E-state index in [-0.39, 0.29) is 0 Å². The van der Waals surface area contributed by atoms with Gasteiger partial charge in [-0.05, 0) is 45.0 Å². The van der Waals surface area contributed by atoms with Crippen LogP contribution in [0, 0.1) is 17.9 Å². The summed E-state index contributed by atoms with van der Waals surface area (Å²) in [6.45, 7) is 8.05. The highest BCUT2D eigenvalue weighted by Gasteiger charge is 2.48. The van der Waals surface area contributed by atoms with E-state index in [4.69, 9.17) is 11.6 Å². The standard InChI is InChI=1S/C41H26N4Si/c1-43-31-23-25-35-38(27-31)46(33-18-10-4-11-19-33,34-20-12-5-13-21-34)37-26-29(28-42)22-24-36(37)40-39(35)44-41(30-14-6-2-7-15-30)45(40)32-16-8-3-9-17-32/h2-27H. The Morgan fingerprint density at radius 2 is 1.20 bits per heavy atom. The summed E-state index contributed by atoms with van der Waals surface area (Å²) in [6.07, 6.45) is 0. The summed E-state index contributed by atoms with van der Waals surface area (Å²) in [6, 6.07) is 56.6. The van der Waals surface area contributed by atoms with Crippen LogP contribution in [0.3, 0.4) is 0 Å². The van der Waals surface area contributed by atoms with Gasteiger partial charge in [0.2, 0.25) is 0 Å². The van der Waals surface area contributed by atoms with Crippen molar-refractivity contribution in [2.45, 2.75) is 0 Å². The van der Waals surface area contributed by atoms with E-state index in [1.54, 1.807) is 0 Å². The molecule has 1 aliphatic heterocycles. The summed E-state index contributed by atoms with van der Waals surface area (Å²) in [4.78, 5) is 9.41. The Morgan fingerprint density at radius 3 is 1.80 bits per heavy atom. The molecule has 4 nitrogen and oxygen atoms in total. The summed E-state index contributed by atoms with van der Waals surface area (Å²) in [5.41, 5.74) is 7.05. The van der Waals surface area contributed by atoms with Gasteiger partial charge >= 0.3 is 0 Å². The van der Waals surface area contributed by atoms with Gasteiger partial charge in [0.1, 0.15) is 5.82 Å². The van der Waals surface area contributed by atoms with E-state index in [1.807, 2.05) is 48.5 Å². The highest BCUT2D eigenvalue weighted by atomic mass is 28.3. The van der Waals surface area contributed by atoms with Crippen molar-refractivity contribution in [1.82, 2.24) is 9.55 Å². The molecule has 0 saturated heterocycles. The number of hydrogen-bond donors (Lipinski definition) is 0. The predicted molar refractivity (Wildman–Crippen MR) is 188 cm³/mol. The van der Waals surface area contributed by atoms with Gasteiger partial charge in [0.05, 0.1) is 29.6 Å². The van der Waals surface area contributed by atoms with Gasteiger partial charge < -0.3 is 0 Å². The molecular weight excluding hydrogens is 577 g/mol. The van der Waals surface area contributed by atoms with Crippen molar-refractivity contribution < 1.29 is 0 Å². The van der Waals surface area contributed by atoms with Crippen LogP contribution in [0.1, 0.15) is 5.56 Å². The normalized spacial score (nSPS) is 12.5. The van der Waals surface area contributed by atoms with Crippen molar-refractivity contribution in [1.29, 1.82) is 5.26 Å². The lowest BCUT2D eigenvalue weighted by Gasteiger charge is -2.36. The minimum Gasteiger partial charge on any atom is -0.292 e. The number of nitriles is 1. The third kappa shape index (κ3) is 4.08. The molecule has 1 aliphatic rings. The zero-order chi connectivity index (χ0) is 31.1. The Bertz CT molecular complexity index is 2280. The van der Waals surface area contributed by atoms with Crippen LogP contribution in [0.5, 0.6) is 0 Å². The monoisotopic (exact) mass is 602 g/mol. The molecule has 2 heterocycles. The molecular formula is C41H26N4Si. The number of para-hydroxylation sites is 1. The molecule has 8 rings (SSSR count). The van der Waals surface area contributed by atoms with Gasteiger partial charge in [-0.15, -0.1) is 0 Å². The smallest absolute Gasteiger partial charge is 0.187 e. The molecule has 7 aromatic rings. The van der Waals surface area contributed by atoms with Gasteiger partial charge in [-0.3, -0.25) is 4.57 Å². The maximum atomic E-state index is 10.3. The first-order valence-electron chi connectivity index (χ1n) is 15.2. The van der Waals surface area contributed by atoms with Crippen LogP contribution >= 0.6 is 0 Å². The lowest BCUT2D eigenvalue weighted by atomic mass is 10.0. The van der Waals surface area contributed by atoms with Gasteiger partial charge in [0.25, 0.3) is 0 Å². The summed E-state index contributed by atoms with van der Waals surface area (Å²) >= 11 is 0. The number of rotatable bonds is 4. The average Bonchev–Trinajstić information content (AvgIpc) is 3.50. The Labute approximate surface area is 269 Å². The summed E-state index contributed by atoms with van der Waals surface area (Å²) < 4.78 is 2.27. The molecule has 0 radical (unpaired) electrons. The molecule has 5 heteroatoms. The molecule has 0 unspecified atom stereocenters. The quantitative estimate of drug-likeness (QED) is 0.161. The summed E-state index contributed by atoms with van der Waals surface area (Å²) in [7, 11) is -3.15. The van der Waals surface area contributed by atoms with Crippen LogP contribution in [0.25, 0.3) is 44.4 Å².